The maximum atomic E-state index is 5.20. The Hall–Kier alpha value is -2.22. The Morgan fingerprint density at radius 2 is 1.75 bits per heavy atom. The van der Waals surface area contributed by atoms with Gasteiger partial charge in [0.1, 0.15) is 5.75 Å². The topological polar surface area (TPSA) is 12.5 Å². The van der Waals surface area contributed by atoms with Gasteiger partial charge in [-0.3, -0.25) is 0 Å². The van der Waals surface area contributed by atoms with E-state index >= 15 is 0 Å². The van der Waals surface area contributed by atoms with Crippen LogP contribution in [-0.4, -0.2) is 18.6 Å². The molecule has 2 heteroatoms. The maximum Gasteiger partial charge on any atom is 0.118 e. The van der Waals surface area contributed by atoms with Gasteiger partial charge in [-0.1, -0.05) is 42.5 Å². The largest absolute Gasteiger partial charge is 0.497 e. The highest BCUT2D eigenvalue weighted by Gasteiger charge is 2.14. The fraction of sp³-hybridized carbons (Fsp3) is 0.222. The van der Waals surface area contributed by atoms with Crippen molar-refractivity contribution < 1.29 is 4.74 Å². The van der Waals surface area contributed by atoms with Gasteiger partial charge in [0.2, 0.25) is 0 Å². The van der Waals surface area contributed by atoms with Crippen LogP contribution in [0.4, 0.5) is 0 Å². The second-order valence-electron chi connectivity index (χ2n) is 5.09. The minimum atomic E-state index is 0.911. The molecular formula is C18H19NO. The van der Waals surface area contributed by atoms with Gasteiger partial charge in [-0.2, -0.15) is 0 Å². The zero-order valence-electron chi connectivity index (χ0n) is 11.8. The van der Waals surface area contributed by atoms with Crippen molar-refractivity contribution in [2.75, 3.05) is 13.7 Å². The Bertz CT molecular complexity index is 587. The van der Waals surface area contributed by atoms with E-state index in [4.69, 9.17) is 4.74 Å². The summed E-state index contributed by atoms with van der Waals surface area (Å²) in [6, 6.07) is 18.9. The lowest BCUT2D eigenvalue weighted by molar-refractivity contribution is 0.400. The van der Waals surface area contributed by atoms with Crippen LogP contribution in [0.2, 0.25) is 0 Å². The molecule has 2 nitrogen and oxygen atoms in total. The molecule has 0 N–H and O–H groups in total. The summed E-state index contributed by atoms with van der Waals surface area (Å²) in [5.74, 6) is 0.911. The average Bonchev–Trinajstić information content (AvgIpc) is 2.97. The van der Waals surface area contributed by atoms with Crippen LogP contribution >= 0.6 is 0 Å². The fourth-order valence-electron chi connectivity index (χ4n) is 2.58. The number of methoxy groups -OCH3 is 1. The van der Waals surface area contributed by atoms with E-state index in [0.717, 1.165) is 25.3 Å². The van der Waals surface area contributed by atoms with Crippen LogP contribution in [0.1, 0.15) is 17.5 Å². The summed E-state index contributed by atoms with van der Waals surface area (Å²) in [7, 11) is 1.70. The summed E-state index contributed by atoms with van der Waals surface area (Å²) in [5, 5.41) is 0. The Kier molecular flexibility index (Phi) is 3.73. The summed E-state index contributed by atoms with van der Waals surface area (Å²) in [4.78, 5) is 2.38. The first kappa shape index (κ1) is 12.8. The first-order chi connectivity index (χ1) is 9.85. The molecule has 1 aliphatic heterocycles. The van der Waals surface area contributed by atoms with Crippen molar-refractivity contribution in [3.8, 4) is 5.75 Å². The lowest BCUT2D eigenvalue weighted by Crippen LogP contribution is -2.13. The lowest BCUT2D eigenvalue weighted by atomic mass is 10.1. The number of ether oxygens (including phenoxy) is 1. The first-order valence-corrected chi connectivity index (χ1v) is 6.98. The number of hydrogen-bond acceptors (Lipinski definition) is 2. The van der Waals surface area contributed by atoms with Crippen molar-refractivity contribution >= 4 is 5.57 Å². The molecule has 0 aliphatic carbocycles. The third-order valence-corrected chi connectivity index (χ3v) is 3.70. The molecule has 102 valence electrons. The number of benzene rings is 2. The molecular weight excluding hydrogens is 246 g/mol. The molecule has 0 spiro atoms. The third-order valence-electron chi connectivity index (χ3n) is 3.70. The predicted octanol–water partition coefficient (Wildman–Crippen LogP) is 3.94. The zero-order valence-corrected chi connectivity index (χ0v) is 11.8. The normalized spacial score (nSPS) is 14.2. The molecule has 0 unspecified atom stereocenters. The second-order valence-corrected chi connectivity index (χ2v) is 5.09. The molecule has 2 aromatic rings. The van der Waals surface area contributed by atoms with E-state index in [1.807, 2.05) is 12.1 Å². The zero-order chi connectivity index (χ0) is 13.8. The molecule has 0 amide bonds. The van der Waals surface area contributed by atoms with Crippen molar-refractivity contribution in [3.05, 3.63) is 71.9 Å². The van der Waals surface area contributed by atoms with Crippen LogP contribution in [0.15, 0.2) is 60.8 Å². The molecule has 0 atom stereocenters. The summed E-state index contributed by atoms with van der Waals surface area (Å²) in [5.41, 5.74) is 4.06. The van der Waals surface area contributed by atoms with Crippen molar-refractivity contribution in [1.82, 2.24) is 4.90 Å². The first-order valence-electron chi connectivity index (χ1n) is 6.98. The highest BCUT2D eigenvalue weighted by Crippen LogP contribution is 2.27. The molecule has 0 saturated carbocycles. The van der Waals surface area contributed by atoms with Gasteiger partial charge < -0.3 is 9.64 Å². The van der Waals surface area contributed by atoms with Gasteiger partial charge in [0.25, 0.3) is 0 Å². The molecule has 3 rings (SSSR count). The number of hydrogen-bond donors (Lipinski definition) is 0. The molecule has 0 saturated heterocycles. The highest BCUT2D eigenvalue weighted by molar-refractivity contribution is 5.67. The molecule has 0 fully saturated rings. The standard InChI is InChI=1S/C18H19NO/c1-20-18-9-7-16(8-10-18)17-11-12-19(14-17)13-15-5-3-2-4-6-15/h2-10,14H,11-13H2,1H3. The Morgan fingerprint density at radius 3 is 2.45 bits per heavy atom. The monoisotopic (exact) mass is 265 g/mol. The van der Waals surface area contributed by atoms with E-state index in [9.17, 15) is 0 Å². The minimum absolute atomic E-state index is 0.911. The lowest BCUT2D eigenvalue weighted by Gasteiger charge is -2.14. The third kappa shape index (κ3) is 2.85. The molecule has 20 heavy (non-hydrogen) atoms. The molecule has 1 aliphatic rings. The Morgan fingerprint density at radius 1 is 1.00 bits per heavy atom. The molecule has 2 aromatic carbocycles. The van der Waals surface area contributed by atoms with Crippen LogP contribution in [-0.2, 0) is 6.54 Å². The van der Waals surface area contributed by atoms with Gasteiger partial charge in [0.15, 0.2) is 0 Å². The van der Waals surface area contributed by atoms with E-state index in [-0.39, 0.29) is 0 Å². The molecule has 1 heterocycles. The van der Waals surface area contributed by atoms with E-state index < -0.39 is 0 Å². The van der Waals surface area contributed by atoms with E-state index in [1.54, 1.807) is 7.11 Å². The SMILES string of the molecule is COc1ccc(C2=CN(Cc3ccccc3)CC2)cc1. The van der Waals surface area contributed by atoms with Crippen LogP contribution in [0.5, 0.6) is 5.75 Å². The van der Waals surface area contributed by atoms with Gasteiger partial charge in [-0.15, -0.1) is 0 Å². The fourth-order valence-corrected chi connectivity index (χ4v) is 2.58. The average molecular weight is 265 g/mol. The van der Waals surface area contributed by atoms with Gasteiger partial charge in [0.05, 0.1) is 7.11 Å². The van der Waals surface area contributed by atoms with E-state index in [1.165, 1.54) is 16.7 Å². The van der Waals surface area contributed by atoms with Crippen LogP contribution in [0, 0.1) is 0 Å². The minimum Gasteiger partial charge on any atom is -0.497 e. The Labute approximate surface area is 120 Å². The highest BCUT2D eigenvalue weighted by atomic mass is 16.5. The van der Waals surface area contributed by atoms with Crippen molar-refractivity contribution in [2.45, 2.75) is 13.0 Å². The predicted molar refractivity (Wildman–Crippen MR) is 82.4 cm³/mol. The molecule has 0 bridgehead atoms. The van der Waals surface area contributed by atoms with Crippen molar-refractivity contribution in [3.63, 3.8) is 0 Å². The van der Waals surface area contributed by atoms with Crippen LogP contribution in [0.25, 0.3) is 5.57 Å². The summed E-state index contributed by atoms with van der Waals surface area (Å²) >= 11 is 0. The van der Waals surface area contributed by atoms with Crippen LogP contribution in [0.3, 0.4) is 0 Å². The van der Waals surface area contributed by atoms with Crippen molar-refractivity contribution in [2.24, 2.45) is 0 Å². The maximum absolute atomic E-state index is 5.20. The van der Waals surface area contributed by atoms with Crippen molar-refractivity contribution in [1.29, 1.82) is 0 Å². The molecule has 0 radical (unpaired) electrons. The van der Waals surface area contributed by atoms with Gasteiger partial charge >= 0.3 is 0 Å². The van der Waals surface area contributed by atoms with E-state index in [0.29, 0.717) is 0 Å². The summed E-state index contributed by atoms with van der Waals surface area (Å²) in [6.45, 7) is 2.08. The van der Waals surface area contributed by atoms with Gasteiger partial charge in [0, 0.05) is 19.3 Å². The smallest absolute Gasteiger partial charge is 0.118 e. The van der Waals surface area contributed by atoms with E-state index in [2.05, 4.69) is 53.6 Å². The number of rotatable bonds is 4. The van der Waals surface area contributed by atoms with Gasteiger partial charge in [-0.05, 0) is 35.3 Å². The summed E-state index contributed by atoms with van der Waals surface area (Å²) < 4.78 is 5.20. The van der Waals surface area contributed by atoms with Gasteiger partial charge in [-0.25, -0.2) is 0 Å². The summed E-state index contributed by atoms with van der Waals surface area (Å²) in [6.07, 6.45) is 3.40. The second kappa shape index (κ2) is 5.83. The Balaban J connectivity index is 1.71. The molecule has 0 aromatic heterocycles. The quantitative estimate of drug-likeness (QED) is 0.830. The number of nitrogens with zero attached hydrogens (tertiary/aromatic N) is 1. The van der Waals surface area contributed by atoms with Crippen LogP contribution < -0.4 is 4.74 Å².